The number of hydrogen-bond acceptors (Lipinski definition) is 7. The van der Waals surface area contributed by atoms with E-state index in [2.05, 4.69) is 22.2 Å². The lowest BCUT2D eigenvalue weighted by Gasteiger charge is -2.22. The first-order chi connectivity index (χ1) is 17.1. The van der Waals surface area contributed by atoms with Crippen molar-refractivity contribution in [2.24, 2.45) is 0 Å². The third-order valence-electron chi connectivity index (χ3n) is 4.97. The van der Waals surface area contributed by atoms with Gasteiger partial charge in [-0.15, -0.1) is 11.3 Å². The van der Waals surface area contributed by atoms with Crippen molar-refractivity contribution in [3.63, 3.8) is 0 Å². The van der Waals surface area contributed by atoms with Crippen molar-refractivity contribution in [1.82, 2.24) is 15.6 Å². The van der Waals surface area contributed by atoms with E-state index in [1.807, 2.05) is 47.4 Å². The van der Waals surface area contributed by atoms with Gasteiger partial charge in [0.15, 0.2) is 0 Å². The summed E-state index contributed by atoms with van der Waals surface area (Å²) in [7, 11) is -4.39. The molecular formula is C24H26N4O6S2. The fourth-order valence-electron chi connectivity index (χ4n) is 3.41. The number of nitrogens with one attached hydrogen (secondary N) is 3. The molecule has 3 aromatic rings. The summed E-state index contributed by atoms with van der Waals surface area (Å²) in [4.78, 5) is 29.9. The normalized spacial score (nSPS) is 12.7. The van der Waals surface area contributed by atoms with Crippen LogP contribution in [0.5, 0.6) is 0 Å². The Bertz CT molecular complexity index is 1290. The molecule has 0 aliphatic heterocycles. The van der Waals surface area contributed by atoms with Crippen LogP contribution < -0.4 is 15.4 Å². The summed E-state index contributed by atoms with van der Waals surface area (Å²) in [5.41, 5.74) is 2.63. The summed E-state index contributed by atoms with van der Waals surface area (Å²) in [5.74, 6) is -0.428. The molecule has 36 heavy (non-hydrogen) atoms. The highest BCUT2D eigenvalue weighted by atomic mass is 32.2. The molecule has 10 nitrogen and oxygen atoms in total. The van der Waals surface area contributed by atoms with Gasteiger partial charge >= 0.3 is 16.4 Å². The minimum atomic E-state index is -4.39. The van der Waals surface area contributed by atoms with E-state index in [0.29, 0.717) is 11.4 Å². The van der Waals surface area contributed by atoms with E-state index in [-0.39, 0.29) is 12.1 Å². The van der Waals surface area contributed by atoms with Crippen LogP contribution in [0.25, 0.3) is 0 Å². The van der Waals surface area contributed by atoms with E-state index >= 15 is 0 Å². The van der Waals surface area contributed by atoms with E-state index in [4.69, 9.17) is 9.29 Å². The van der Waals surface area contributed by atoms with Gasteiger partial charge in [-0.3, -0.25) is 14.1 Å². The van der Waals surface area contributed by atoms with Crippen molar-refractivity contribution in [2.45, 2.75) is 31.8 Å². The van der Waals surface area contributed by atoms with Gasteiger partial charge in [0, 0.05) is 17.5 Å². The molecule has 2 atom stereocenters. The fourth-order valence-corrected chi connectivity index (χ4v) is 4.69. The number of hydrogen-bond donors (Lipinski definition) is 4. The second kappa shape index (κ2) is 12.3. The van der Waals surface area contributed by atoms with Crippen molar-refractivity contribution in [2.75, 3.05) is 4.72 Å². The smallest absolute Gasteiger partial charge is 0.412 e. The van der Waals surface area contributed by atoms with E-state index in [1.165, 1.54) is 23.5 Å². The minimum absolute atomic E-state index is 0.194. The Kier molecular flexibility index (Phi) is 9.17. The van der Waals surface area contributed by atoms with E-state index in [1.54, 1.807) is 12.1 Å². The molecule has 0 radical (unpaired) electrons. The molecule has 0 unspecified atom stereocenters. The third kappa shape index (κ3) is 8.48. The Morgan fingerprint density at radius 1 is 1.08 bits per heavy atom. The molecule has 3 rings (SSSR count). The van der Waals surface area contributed by atoms with Crippen LogP contribution >= 0.6 is 11.3 Å². The fraction of sp³-hybridized carbons (Fsp3) is 0.208. The van der Waals surface area contributed by atoms with E-state index in [9.17, 15) is 18.0 Å². The molecule has 12 heteroatoms. The highest BCUT2D eigenvalue weighted by Crippen LogP contribution is 2.24. The van der Waals surface area contributed by atoms with E-state index in [0.717, 1.165) is 23.1 Å². The van der Waals surface area contributed by atoms with Crippen molar-refractivity contribution in [3.8, 4) is 0 Å². The molecule has 0 spiro atoms. The number of aromatic nitrogens is 1. The number of ether oxygens (including phenoxy) is 1. The first-order valence-corrected chi connectivity index (χ1v) is 13.1. The number of aryl methyl sites for hydroxylation is 1. The second-order valence-electron chi connectivity index (χ2n) is 7.83. The van der Waals surface area contributed by atoms with Crippen LogP contribution in [0.3, 0.4) is 0 Å². The van der Waals surface area contributed by atoms with Gasteiger partial charge < -0.3 is 15.4 Å². The zero-order chi connectivity index (χ0) is 26.1. The zero-order valence-electron chi connectivity index (χ0n) is 19.4. The Balaban J connectivity index is 1.81. The Labute approximate surface area is 213 Å². The topological polar surface area (TPSA) is 147 Å². The maximum atomic E-state index is 13.3. The van der Waals surface area contributed by atoms with Gasteiger partial charge in [-0.1, -0.05) is 49.0 Å². The van der Waals surface area contributed by atoms with Crippen LogP contribution in [0.2, 0.25) is 0 Å². The van der Waals surface area contributed by atoms with Gasteiger partial charge in [-0.05, 0) is 36.6 Å². The predicted octanol–water partition coefficient (Wildman–Crippen LogP) is 3.55. The number of rotatable bonds is 11. The van der Waals surface area contributed by atoms with Gasteiger partial charge in [0.05, 0.1) is 18.0 Å². The lowest BCUT2D eigenvalue weighted by molar-refractivity contribution is -0.123. The second-order valence-corrected chi connectivity index (χ2v) is 9.87. The number of benzene rings is 2. The molecule has 2 aromatic carbocycles. The predicted molar refractivity (Wildman–Crippen MR) is 137 cm³/mol. The monoisotopic (exact) mass is 530 g/mol. The number of carbonyl (C=O) groups is 2. The molecule has 4 N–H and O–H groups in total. The molecule has 0 bridgehead atoms. The summed E-state index contributed by atoms with van der Waals surface area (Å²) in [6, 6.07) is 14.1. The molecule has 1 heterocycles. The molecule has 1 aromatic heterocycles. The van der Waals surface area contributed by atoms with Crippen molar-refractivity contribution >= 4 is 39.3 Å². The van der Waals surface area contributed by atoms with Gasteiger partial charge in [-0.25, -0.2) is 9.78 Å². The van der Waals surface area contributed by atoms with Crippen molar-refractivity contribution in [3.05, 3.63) is 94.6 Å². The summed E-state index contributed by atoms with van der Waals surface area (Å²) in [6.07, 6.45) is 0.761. The lowest BCUT2D eigenvalue weighted by Crippen LogP contribution is -2.49. The minimum Gasteiger partial charge on any atom is -0.419 e. The largest absolute Gasteiger partial charge is 0.419 e. The van der Waals surface area contributed by atoms with Crippen LogP contribution in [0.15, 0.2) is 72.8 Å². The standard InChI is InChI=1S/C24H26N4O6S2/c1-3-34-24(30)27-20(13-17-7-5-4-6-8-17)22(29)26-21(23-25-16(2)15-35-23)14-18-9-11-19(12-10-18)28-36(31,32)33/h3-12,15,20-21,28H,1,13-14H2,2H3,(H,26,29)(H,27,30)(H,31,32,33)/t20-,21-/m0/s1. The Morgan fingerprint density at radius 3 is 2.33 bits per heavy atom. The van der Waals surface area contributed by atoms with Crippen LogP contribution in [-0.2, 0) is 32.7 Å². The van der Waals surface area contributed by atoms with Gasteiger partial charge in [-0.2, -0.15) is 8.42 Å². The number of nitrogens with zero attached hydrogens (tertiary/aromatic N) is 1. The zero-order valence-corrected chi connectivity index (χ0v) is 21.0. The van der Waals surface area contributed by atoms with Crippen molar-refractivity contribution in [1.29, 1.82) is 0 Å². The SMILES string of the molecule is C=COC(=O)N[C@@H](Cc1ccccc1)C(=O)N[C@@H](Cc1ccc(NS(=O)(=O)O)cc1)c1nc(C)cs1. The molecule has 0 aliphatic carbocycles. The Hall–Kier alpha value is -3.74. The number of amides is 2. The molecule has 190 valence electrons. The van der Waals surface area contributed by atoms with Crippen LogP contribution in [0, 0.1) is 6.92 Å². The maximum Gasteiger partial charge on any atom is 0.412 e. The van der Waals surface area contributed by atoms with Crippen LogP contribution in [-0.4, -0.2) is 36.0 Å². The molecule has 0 saturated carbocycles. The molecule has 2 amide bonds. The first-order valence-electron chi connectivity index (χ1n) is 10.8. The first kappa shape index (κ1) is 26.9. The van der Waals surface area contributed by atoms with Gasteiger partial charge in [0.1, 0.15) is 11.0 Å². The van der Waals surface area contributed by atoms with Gasteiger partial charge in [0.2, 0.25) is 5.91 Å². The highest BCUT2D eigenvalue weighted by molar-refractivity contribution is 7.87. The maximum absolute atomic E-state index is 13.3. The lowest BCUT2D eigenvalue weighted by atomic mass is 10.0. The third-order valence-corrected chi connectivity index (χ3v) is 6.54. The summed E-state index contributed by atoms with van der Waals surface area (Å²) in [6.45, 7) is 5.20. The number of carbonyl (C=O) groups excluding carboxylic acids is 2. The van der Waals surface area contributed by atoms with Gasteiger partial charge in [0.25, 0.3) is 0 Å². The molecular weight excluding hydrogens is 504 g/mol. The molecule has 0 fully saturated rings. The van der Waals surface area contributed by atoms with Crippen LogP contribution in [0.4, 0.5) is 10.5 Å². The summed E-state index contributed by atoms with van der Waals surface area (Å²) in [5, 5.41) is 8.09. The number of alkyl carbamates (subject to hydrolysis) is 1. The number of thiazole rings is 1. The molecule has 0 aliphatic rings. The average Bonchev–Trinajstić information content (AvgIpc) is 3.25. The number of anilines is 1. The Morgan fingerprint density at radius 2 is 1.75 bits per heavy atom. The average molecular weight is 531 g/mol. The highest BCUT2D eigenvalue weighted by Gasteiger charge is 2.26. The van der Waals surface area contributed by atoms with Crippen LogP contribution in [0.1, 0.15) is 27.9 Å². The summed E-state index contributed by atoms with van der Waals surface area (Å²) < 4.78 is 37.7. The van der Waals surface area contributed by atoms with Crippen molar-refractivity contribution < 1.29 is 27.3 Å². The quantitative estimate of drug-likeness (QED) is 0.219. The molecule has 0 saturated heterocycles. The van der Waals surface area contributed by atoms with E-state index < -0.39 is 34.4 Å². The summed E-state index contributed by atoms with van der Waals surface area (Å²) >= 11 is 1.39.